The normalized spacial score (nSPS) is 10.0. The van der Waals surface area contributed by atoms with E-state index < -0.39 is 0 Å². The SMILES string of the molecule is COc1cc(C=O)cc(OC)c1OCc1ccccc1Cl. The first-order valence-corrected chi connectivity index (χ1v) is 6.64. The summed E-state index contributed by atoms with van der Waals surface area (Å²) in [4.78, 5) is 10.9. The number of benzene rings is 2. The average molecular weight is 307 g/mol. The molecule has 0 heterocycles. The molecule has 2 aromatic carbocycles. The van der Waals surface area contributed by atoms with Crippen molar-refractivity contribution >= 4 is 17.9 Å². The minimum Gasteiger partial charge on any atom is -0.493 e. The van der Waals surface area contributed by atoms with Crippen LogP contribution in [0.5, 0.6) is 17.2 Å². The van der Waals surface area contributed by atoms with Crippen LogP contribution in [0.1, 0.15) is 15.9 Å². The summed E-state index contributed by atoms with van der Waals surface area (Å²) in [6.07, 6.45) is 0.725. The van der Waals surface area contributed by atoms with Crippen LogP contribution in [0, 0.1) is 0 Å². The molecule has 2 rings (SSSR count). The van der Waals surface area contributed by atoms with Gasteiger partial charge in [0.2, 0.25) is 5.75 Å². The molecule has 0 amide bonds. The van der Waals surface area contributed by atoms with Crippen LogP contribution in [0.2, 0.25) is 5.02 Å². The summed E-state index contributed by atoms with van der Waals surface area (Å²) in [5.41, 5.74) is 1.30. The first-order chi connectivity index (χ1) is 10.2. The lowest BCUT2D eigenvalue weighted by Gasteiger charge is -2.15. The molecule has 0 aromatic heterocycles. The van der Waals surface area contributed by atoms with Crippen molar-refractivity contribution in [3.63, 3.8) is 0 Å². The highest BCUT2D eigenvalue weighted by atomic mass is 35.5. The Morgan fingerprint density at radius 3 is 2.24 bits per heavy atom. The zero-order valence-electron chi connectivity index (χ0n) is 11.8. The number of hydrogen-bond donors (Lipinski definition) is 0. The van der Waals surface area contributed by atoms with Gasteiger partial charge in [0.1, 0.15) is 12.9 Å². The van der Waals surface area contributed by atoms with Gasteiger partial charge >= 0.3 is 0 Å². The zero-order valence-corrected chi connectivity index (χ0v) is 12.5. The van der Waals surface area contributed by atoms with E-state index in [-0.39, 0.29) is 6.61 Å². The molecule has 0 aliphatic heterocycles. The first kappa shape index (κ1) is 15.2. The van der Waals surface area contributed by atoms with E-state index in [1.165, 1.54) is 14.2 Å². The number of rotatable bonds is 6. The van der Waals surface area contributed by atoms with Gasteiger partial charge in [-0.1, -0.05) is 29.8 Å². The highest BCUT2D eigenvalue weighted by molar-refractivity contribution is 6.31. The second-order valence-electron chi connectivity index (χ2n) is 4.25. The van der Waals surface area contributed by atoms with Crippen LogP contribution in [0.3, 0.4) is 0 Å². The lowest BCUT2D eigenvalue weighted by Crippen LogP contribution is -2.01. The molecule has 0 saturated carbocycles. The topological polar surface area (TPSA) is 44.8 Å². The van der Waals surface area contributed by atoms with Crippen molar-refractivity contribution in [2.24, 2.45) is 0 Å². The summed E-state index contributed by atoms with van der Waals surface area (Å²) in [7, 11) is 3.01. The quantitative estimate of drug-likeness (QED) is 0.762. The smallest absolute Gasteiger partial charge is 0.203 e. The Labute approximate surface area is 128 Å². The molecule has 0 bridgehead atoms. The number of ether oxygens (including phenoxy) is 3. The molecular weight excluding hydrogens is 292 g/mol. The third-order valence-electron chi connectivity index (χ3n) is 2.95. The minimum atomic E-state index is 0.271. The van der Waals surface area contributed by atoms with Crippen molar-refractivity contribution in [2.45, 2.75) is 6.61 Å². The molecule has 0 unspecified atom stereocenters. The second-order valence-corrected chi connectivity index (χ2v) is 4.66. The third-order valence-corrected chi connectivity index (χ3v) is 3.32. The van der Waals surface area contributed by atoms with E-state index in [0.717, 1.165) is 11.8 Å². The Balaban J connectivity index is 2.30. The molecule has 0 saturated heterocycles. The van der Waals surface area contributed by atoms with E-state index in [9.17, 15) is 4.79 Å². The maximum atomic E-state index is 10.9. The van der Waals surface area contributed by atoms with Gasteiger partial charge in [0, 0.05) is 16.1 Å². The molecule has 0 fully saturated rings. The van der Waals surface area contributed by atoms with Crippen LogP contribution >= 0.6 is 11.6 Å². The van der Waals surface area contributed by atoms with Crippen LogP contribution in [0.15, 0.2) is 36.4 Å². The fourth-order valence-electron chi connectivity index (χ4n) is 1.88. The third kappa shape index (κ3) is 3.47. The molecule has 21 heavy (non-hydrogen) atoms. The molecule has 2 aromatic rings. The largest absolute Gasteiger partial charge is 0.493 e. The maximum absolute atomic E-state index is 10.9. The Morgan fingerprint density at radius 1 is 1.10 bits per heavy atom. The molecule has 0 aliphatic carbocycles. The van der Waals surface area contributed by atoms with Gasteiger partial charge < -0.3 is 14.2 Å². The van der Waals surface area contributed by atoms with Crippen molar-refractivity contribution in [1.82, 2.24) is 0 Å². The Hall–Kier alpha value is -2.20. The van der Waals surface area contributed by atoms with Gasteiger partial charge in [-0.15, -0.1) is 0 Å². The van der Waals surface area contributed by atoms with E-state index in [2.05, 4.69) is 0 Å². The molecule has 110 valence electrons. The molecule has 0 spiro atoms. The number of carbonyl (C=O) groups excluding carboxylic acids is 1. The molecule has 0 N–H and O–H groups in total. The summed E-state index contributed by atoms with van der Waals surface area (Å²) in [6.45, 7) is 0.271. The molecule has 0 radical (unpaired) electrons. The first-order valence-electron chi connectivity index (χ1n) is 6.27. The van der Waals surface area contributed by atoms with Crippen molar-refractivity contribution in [2.75, 3.05) is 14.2 Å². The van der Waals surface area contributed by atoms with Crippen molar-refractivity contribution < 1.29 is 19.0 Å². The van der Waals surface area contributed by atoms with Crippen molar-refractivity contribution in [1.29, 1.82) is 0 Å². The number of aldehydes is 1. The van der Waals surface area contributed by atoms with Crippen molar-refractivity contribution in [3.05, 3.63) is 52.5 Å². The zero-order chi connectivity index (χ0) is 15.2. The summed E-state index contributed by atoms with van der Waals surface area (Å²) in [5.74, 6) is 1.30. The Bertz CT molecular complexity index is 615. The number of methoxy groups -OCH3 is 2. The van der Waals surface area contributed by atoms with Crippen LogP contribution in [0.25, 0.3) is 0 Å². The molecular formula is C16H15ClO4. The highest BCUT2D eigenvalue weighted by Crippen LogP contribution is 2.38. The maximum Gasteiger partial charge on any atom is 0.203 e. The monoisotopic (exact) mass is 306 g/mol. The predicted octanol–water partition coefficient (Wildman–Crippen LogP) is 3.75. The van der Waals surface area contributed by atoms with Gasteiger partial charge in [0.15, 0.2) is 11.5 Å². The lowest BCUT2D eigenvalue weighted by molar-refractivity contribution is 0.112. The summed E-state index contributed by atoms with van der Waals surface area (Å²) in [5, 5.41) is 0.625. The fourth-order valence-corrected chi connectivity index (χ4v) is 2.07. The standard InChI is InChI=1S/C16H15ClO4/c1-19-14-7-11(9-18)8-15(20-2)16(14)21-10-12-5-3-4-6-13(12)17/h3-9H,10H2,1-2H3. The van der Waals surface area contributed by atoms with Gasteiger partial charge in [-0.25, -0.2) is 0 Å². The number of carbonyl (C=O) groups is 1. The Morgan fingerprint density at radius 2 is 1.71 bits per heavy atom. The lowest BCUT2D eigenvalue weighted by atomic mass is 10.2. The predicted molar refractivity (Wildman–Crippen MR) is 80.7 cm³/mol. The van der Waals surface area contributed by atoms with Gasteiger partial charge in [-0.05, 0) is 18.2 Å². The number of halogens is 1. The van der Waals surface area contributed by atoms with Gasteiger partial charge in [0.25, 0.3) is 0 Å². The minimum absolute atomic E-state index is 0.271. The van der Waals surface area contributed by atoms with E-state index in [1.54, 1.807) is 18.2 Å². The van der Waals surface area contributed by atoms with E-state index >= 15 is 0 Å². The summed E-state index contributed by atoms with van der Waals surface area (Å²) >= 11 is 6.10. The molecule has 0 atom stereocenters. The van der Waals surface area contributed by atoms with Gasteiger partial charge in [-0.3, -0.25) is 4.79 Å². The van der Waals surface area contributed by atoms with E-state index in [0.29, 0.717) is 27.8 Å². The van der Waals surface area contributed by atoms with Crippen LogP contribution in [-0.2, 0) is 6.61 Å². The molecule has 5 heteroatoms. The summed E-state index contributed by atoms with van der Waals surface area (Å²) in [6, 6.07) is 10.6. The van der Waals surface area contributed by atoms with Crippen LogP contribution in [0.4, 0.5) is 0 Å². The fraction of sp³-hybridized carbons (Fsp3) is 0.188. The van der Waals surface area contributed by atoms with Gasteiger partial charge in [0.05, 0.1) is 14.2 Å². The number of hydrogen-bond acceptors (Lipinski definition) is 4. The summed E-state index contributed by atoms with van der Waals surface area (Å²) < 4.78 is 16.3. The van der Waals surface area contributed by atoms with E-state index in [4.69, 9.17) is 25.8 Å². The second kappa shape index (κ2) is 6.99. The van der Waals surface area contributed by atoms with Gasteiger partial charge in [-0.2, -0.15) is 0 Å². The Kier molecular flexibility index (Phi) is 5.06. The van der Waals surface area contributed by atoms with E-state index in [1.807, 2.05) is 18.2 Å². The highest BCUT2D eigenvalue weighted by Gasteiger charge is 2.14. The molecule has 0 aliphatic rings. The molecule has 4 nitrogen and oxygen atoms in total. The van der Waals surface area contributed by atoms with Crippen molar-refractivity contribution in [3.8, 4) is 17.2 Å². The van der Waals surface area contributed by atoms with Crippen LogP contribution < -0.4 is 14.2 Å². The average Bonchev–Trinajstić information content (AvgIpc) is 2.53. The van der Waals surface area contributed by atoms with Crippen LogP contribution in [-0.4, -0.2) is 20.5 Å².